The van der Waals surface area contributed by atoms with Crippen LogP contribution in [0.25, 0.3) is 11.0 Å². The number of anilines is 1. The van der Waals surface area contributed by atoms with Crippen LogP contribution in [0.15, 0.2) is 53.7 Å². The molecule has 0 spiro atoms. The second-order valence-corrected chi connectivity index (χ2v) is 10.8. The van der Waals surface area contributed by atoms with Crippen LogP contribution < -0.4 is 4.72 Å². The Labute approximate surface area is 206 Å². The van der Waals surface area contributed by atoms with E-state index >= 15 is 0 Å². The van der Waals surface area contributed by atoms with Gasteiger partial charge in [0, 0.05) is 38.0 Å². The van der Waals surface area contributed by atoms with Crippen molar-refractivity contribution in [2.75, 3.05) is 17.8 Å². The van der Waals surface area contributed by atoms with E-state index in [1.807, 2.05) is 0 Å². The Morgan fingerprint density at radius 1 is 1.17 bits per heavy atom. The smallest absolute Gasteiger partial charge is 0.264 e. The minimum Gasteiger partial charge on any atom is -0.507 e. The molecular formula is C24H26F2N4O5S. The van der Waals surface area contributed by atoms with Gasteiger partial charge >= 0.3 is 0 Å². The molecule has 1 aromatic heterocycles. The fraction of sp³-hybridized carbons (Fsp3) is 0.375. The number of phenolic OH excluding ortho intramolecular Hbond substituents is 1. The van der Waals surface area contributed by atoms with Gasteiger partial charge in [0.2, 0.25) is 5.92 Å². The second kappa shape index (κ2) is 9.58. The van der Waals surface area contributed by atoms with Gasteiger partial charge in [-0.2, -0.15) is 0 Å². The number of hydrogen-bond donors (Lipinski definition) is 3. The van der Waals surface area contributed by atoms with Gasteiger partial charge in [0.25, 0.3) is 15.9 Å². The molecule has 1 saturated heterocycles. The Morgan fingerprint density at radius 3 is 2.53 bits per heavy atom. The lowest BCUT2D eigenvalue weighted by Gasteiger charge is -2.38. The summed E-state index contributed by atoms with van der Waals surface area (Å²) in [4.78, 5) is 22.4. The number of aliphatic hydroxyl groups is 1. The van der Waals surface area contributed by atoms with E-state index < -0.39 is 39.6 Å². The molecule has 0 aliphatic carbocycles. The van der Waals surface area contributed by atoms with Crippen molar-refractivity contribution < 1.29 is 32.2 Å². The first-order chi connectivity index (χ1) is 16.9. The molecule has 0 saturated carbocycles. The van der Waals surface area contributed by atoms with Gasteiger partial charge in [0.15, 0.2) is 0 Å². The van der Waals surface area contributed by atoms with Crippen molar-refractivity contribution in [1.82, 2.24) is 14.9 Å². The Hall–Kier alpha value is -3.38. The summed E-state index contributed by atoms with van der Waals surface area (Å²) in [5, 5.41) is 21.0. The number of alkyl halides is 2. The molecule has 1 aliphatic rings. The third kappa shape index (κ3) is 5.71. The predicted octanol–water partition coefficient (Wildman–Crippen LogP) is 3.54. The lowest BCUT2D eigenvalue weighted by atomic mass is 9.86. The number of fused-ring (bicyclic) bond motifs is 1. The van der Waals surface area contributed by atoms with Gasteiger partial charge in [-0.15, -0.1) is 0 Å². The minimum atomic E-state index is -4.08. The van der Waals surface area contributed by atoms with E-state index in [0.717, 1.165) is 13.0 Å². The summed E-state index contributed by atoms with van der Waals surface area (Å²) in [5.74, 6) is -3.81. The number of nitrogens with one attached hydrogen (secondary N) is 1. The largest absolute Gasteiger partial charge is 0.507 e. The van der Waals surface area contributed by atoms with Gasteiger partial charge in [0.1, 0.15) is 16.2 Å². The van der Waals surface area contributed by atoms with Crippen molar-refractivity contribution in [2.24, 2.45) is 0 Å². The Morgan fingerprint density at radius 2 is 1.86 bits per heavy atom. The number of phenols is 1. The summed E-state index contributed by atoms with van der Waals surface area (Å²) in [5.41, 5.74) is -0.679. The normalized spacial score (nSPS) is 16.2. The molecule has 192 valence electrons. The van der Waals surface area contributed by atoms with Crippen LogP contribution in [-0.4, -0.2) is 64.0 Å². The Bertz CT molecular complexity index is 1380. The molecule has 0 atom stereocenters. The average molecular weight is 521 g/mol. The molecule has 0 bridgehead atoms. The maximum absolute atomic E-state index is 13.2. The monoisotopic (exact) mass is 520 g/mol. The summed E-state index contributed by atoms with van der Waals surface area (Å²) in [7, 11) is -4.08. The second-order valence-electron chi connectivity index (χ2n) is 9.10. The van der Waals surface area contributed by atoms with Crippen molar-refractivity contribution >= 4 is 32.7 Å². The van der Waals surface area contributed by atoms with E-state index in [9.17, 15) is 32.2 Å². The number of carbonyl (C=O) groups excluding carboxylic acids is 1. The number of likely N-dealkylation sites (tertiary alicyclic amines) is 1. The first-order valence-electron chi connectivity index (χ1n) is 11.3. The third-order valence-corrected chi connectivity index (χ3v) is 7.66. The van der Waals surface area contributed by atoms with Crippen LogP contribution in [0.2, 0.25) is 0 Å². The highest BCUT2D eigenvalue weighted by atomic mass is 32.2. The molecule has 0 unspecified atom stereocenters. The number of rotatable bonds is 7. The van der Waals surface area contributed by atoms with E-state index in [1.165, 1.54) is 41.6 Å². The van der Waals surface area contributed by atoms with E-state index in [1.54, 1.807) is 6.07 Å². The molecule has 36 heavy (non-hydrogen) atoms. The van der Waals surface area contributed by atoms with Crippen molar-refractivity contribution in [3.05, 3.63) is 54.4 Å². The van der Waals surface area contributed by atoms with Crippen molar-refractivity contribution in [1.29, 1.82) is 0 Å². The molecule has 1 aliphatic heterocycles. The maximum atomic E-state index is 13.2. The van der Waals surface area contributed by atoms with Gasteiger partial charge in [-0.1, -0.05) is 6.07 Å². The number of carbonyl (C=O) groups is 1. The Balaban J connectivity index is 1.45. The molecule has 3 N–H and O–H groups in total. The number of benzene rings is 2. The number of halogens is 2. The first kappa shape index (κ1) is 25.7. The molecule has 3 aromatic rings. The van der Waals surface area contributed by atoms with Gasteiger partial charge in [-0.3, -0.25) is 19.5 Å². The van der Waals surface area contributed by atoms with Crippen LogP contribution in [0.1, 0.15) is 43.0 Å². The standard InChI is InChI=1S/C24H26F2N4O5S/c1-23(25,26)7-8-24(33)9-13-30(14-10-24)22(32)17-6-5-16(15-19(17)31)29-36(34,35)20-4-2-3-18-21(20)28-12-11-27-18/h2-6,11-12,15,29,31,33H,7-10,13-14H2,1H3. The van der Waals surface area contributed by atoms with Crippen LogP contribution in [0, 0.1) is 0 Å². The van der Waals surface area contributed by atoms with Crippen molar-refractivity contribution in [3.63, 3.8) is 0 Å². The molecule has 2 heterocycles. The summed E-state index contributed by atoms with van der Waals surface area (Å²) in [6.45, 7) is 1.08. The van der Waals surface area contributed by atoms with E-state index in [4.69, 9.17) is 0 Å². The summed E-state index contributed by atoms with van der Waals surface area (Å²) in [6.07, 6.45) is 2.60. The molecule has 2 aromatic carbocycles. The number of amides is 1. The van der Waals surface area contributed by atoms with E-state index in [-0.39, 0.29) is 54.0 Å². The molecule has 0 radical (unpaired) electrons. The highest BCUT2D eigenvalue weighted by Gasteiger charge is 2.37. The lowest BCUT2D eigenvalue weighted by molar-refractivity contribution is -0.0571. The van der Waals surface area contributed by atoms with E-state index in [0.29, 0.717) is 5.52 Å². The number of piperidine rings is 1. The third-order valence-electron chi connectivity index (χ3n) is 6.24. The van der Waals surface area contributed by atoms with Crippen molar-refractivity contribution in [3.8, 4) is 5.75 Å². The Kier molecular flexibility index (Phi) is 6.84. The molecule has 1 fully saturated rings. The van der Waals surface area contributed by atoms with Gasteiger partial charge in [-0.25, -0.2) is 17.2 Å². The minimum absolute atomic E-state index is 0.0402. The van der Waals surface area contributed by atoms with Gasteiger partial charge in [-0.05, 0) is 50.5 Å². The van der Waals surface area contributed by atoms with Crippen molar-refractivity contribution in [2.45, 2.75) is 49.0 Å². The fourth-order valence-electron chi connectivity index (χ4n) is 4.17. The molecule has 1 amide bonds. The summed E-state index contributed by atoms with van der Waals surface area (Å²) in [6, 6.07) is 8.34. The van der Waals surface area contributed by atoms with Gasteiger partial charge in [0.05, 0.1) is 22.4 Å². The number of aromatic hydroxyl groups is 1. The molecule has 9 nitrogen and oxygen atoms in total. The predicted molar refractivity (Wildman–Crippen MR) is 128 cm³/mol. The van der Waals surface area contributed by atoms with Crippen LogP contribution in [0.5, 0.6) is 5.75 Å². The number of para-hydroxylation sites is 1. The molecular weight excluding hydrogens is 494 g/mol. The van der Waals surface area contributed by atoms with Crippen LogP contribution in [0.3, 0.4) is 0 Å². The maximum Gasteiger partial charge on any atom is 0.264 e. The highest BCUT2D eigenvalue weighted by Crippen LogP contribution is 2.33. The lowest BCUT2D eigenvalue weighted by Crippen LogP contribution is -2.47. The molecule has 4 rings (SSSR count). The number of nitrogens with zero attached hydrogens (tertiary/aromatic N) is 3. The summed E-state index contributed by atoms with van der Waals surface area (Å²) >= 11 is 0. The van der Waals surface area contributed by atoms with Crippen LogP contribution >= 0.6 is 0 Å². The summed E-state index contributed by atoms with van der Waals surface area (Å²) < 4.78 is 54.6. The van der Waals surface area contributed by atoms with E-state index in [2.05, 4.69) is 14.7 Å². The number of aromatic nitrogens is 2. The van der Waals surface area contributed by atoms with Crippen LogP contribution in [0.4, 0.5) is 14.5 Å². The first-order valence-corrected chi connectivity index (χ1v) is 12.8. The zero-order valence-corrected chi connectivity index (χ0v) is 20.3. The zero-order chi connectivity index (χ0) is 26.1. The van der Waals surface area contributed by atoms with Crippen LogP contribution in [-0.2, 0) is 10.0 Å². The average Bonchev–Trinajstić information content (AvgIpc) is 2.82. The number of hydrogen-bond acceptors (Lipinski definition) is 7. The molecule has 12 heteroatoms. The number of sulfonamides is 1. The van der Waals surface area contributed by atoms with Gasteiger partial charge < -0.3 is 15.1 Å². The fourth-order valence-corrected chi connectivity index (χ4v) is 5.38. The zero-order valence-electron chi connectivity index (χ0n) is 19.5. The SMILES string of the molecule is CC(F)(F)CCC1(O)CCN(C(=O)c2ccc(NS(=O)(=O)c3cccc4nccnc34)cc2O)CC1. The quantitative estimate of drug-likeness (QED) is 0.434. The highest BCUT2D eigenvalue weighted by molar-refractivity contribution is 7.93. The topological polar surface area (TPSA) is 133 Å².